The molecule has 8 nitrogen and oxygen atoms in total. The van der Waals surface area contributed by atoms with Crippen LogP contribution >= 0.6 is 0 Å². The fraction of sp³-hybridized carbons (Fsp3) is 0.450. The monoisotopic (exact) mass is 386 g/mol. The number of aliphatic imine (C=N–C) groups is 1. The highest BCUT2D eigenvalue weighted by Gasteiger charge is 2.50. The maximum absolute atomic E-state index is 12.8. The van der Waals surface area contributed by atoms with E-state index in [0.29, 0.717) is 30.4 Å². The predicted molar refractivity (Wildman–Crippen MR) is 107 cm³/mol. The van der Waals surface area contributed by atoms with Gasteiger partial charge in [-0.1, -0.05) is 12.1 Å². The number of imide groups is 1. The van der Waals surface area contributed by atoms with E-state index in [1.165, 1.54) is 4.90 Å². The number of ether oxygens (including phenoxy) is 2. The summed E-state index contributed by atoms with van der Waals surface area (Å²) in [4.78, 5) is 34.8. The molecule has 2 heterocycles. The summed E-state index contributed by atoms with van der Waals surface area (Å²) in [6.07, 6.45) is 3.25. The van der Waals surface area contributed by atoms with E-state index < -0.39 is 12.2 Å². The number of nitrogens with zero attached hydrogens (tertiary/aromatic N) is 4. The fourth-order valence-electron chi connectivity index (χ4n) is 3.60. The molecule has 8 heteroatoms. The second-order valence-corrected chi connectivity index (χ2v) is 6.56. The molecule has 1 fully saturated rings. The van der Waals surface area contributed by atoms with E-state index in [-0.39, 0.29) is 11.9 Å². The zero-order valence-electron chi connectivity index (χ0n) is 16.9. The Morgan fingerprint density at radius 2 is 1.79 bits per heavy atom. The van der Waals surface area contributed by atoms with Gasteiger partial charge in [0.05, 0.1) is 14.2 Å². The molecule has 2 aliphatic rings. The summed E-state index contributed by atoms with van der Waals surface area (Å²) in [5.41, 5.74) is 0.911. The molecule has 1 aromatic rings. The first kappa shape index (κ1) is 19.7. The van der Waals surface area contributed by atoms with Crippen molar-refractivity contribution in [2.75, 3.05) is 34.4 Å². The molecule has 2 aliphatic heterocycles. The van der Waals surface area contributed by atoms with Crippen LogP contribution in [0.5, 0.6) is 11.5 Å². The average Bonchev–Trinajstić information content (AvgIpc) is 3.03. The maximum Gasteiger partial charge on any atom is 0.328 e. The van der Waals surface area contributed by atoms with Crippen LogP contribution in [0.3, 0.4) is 0 Å². The molecule has 0 radical (unpaired) electrons. The van der Waals surface area contributed by atoms with Crippen molar-refractivity contribution in [1.82, 2.24) is 14.7 Å². The number of carbonyl (C=O) groups is 2. The van der Waals surface area contributed by atoms with E-state index in [4.69, 9.17) is 9.47 Å². The Morgan fingerprint density at radius 1 is 1.07 bits per heavy atom. The van der Waals surface area contributed by atoms with Crippen molar-refractivity contribution in [3.63, 3.8) is 0 Å². The molecule has 0 saturated carbocycles. The summed E-state index contributed by atoms with van der Waals surface area (Å²) in [6, 6.07) is 4.83. The molecule has 1 aromatic carbocycles. The van der Waals surface area contributed by atoms with Gasteiger partial charge in [0.15, 0.2) is 23.7 Å². The number of hydrogen-bond donors (Lipinski definition) is 0. The van der Waals surface area contributed by atoms with E-state index in [1.54, 1.807) is 26.0 Å². The van der Waals surface area contributed by atoms with Crippen LogP contribution in [0.2, 0.25) is 0 Å². The Bertz CT molecular complexity index is 835. The van der Waals surface area contributed by atoms with Crippen LogP contribution in [0, 0.1) is 0 Å². The lowest BCUT2D eigenvalue weighted by Crippen LogP contribution is -2.65. The van der Waals surface area contributed by atoms with Crippen LogP contribution in [-0.2, 0) is 4.79 Å². The first-order chi connectivity index (χ1) is 13.5. The number of benzene rings is 1. The summed E-state index contributed by atoms with van der Waals surface area (Å²) in [6.45, 7) is 4.54. The molecule has 1 saturated heterocycles. The molecule has 0 aliphatic carbocycles. The van der Waals surface area contributed by atoms with Crippen LogP contribution in [0.4, 0.5) is 4.79 Å². The maximum atomic E-state index is 12.8. The van der Waals surface area contributed by atoms with Gasteiger partial charge in [-0.05, 0) is 37.6 Å². The van der Waals surface area contributed by atoms with E-state index in [2.05, 4.69) is 4.99 Å². The van der Waals surface area contributed by atoms with Crippen molar-refractivity contribution in [3.05, 3.63) is 29.8 Å². The number of fused-ring (bicyclic) bond motifs is 1. The summed E-state index contributed by atoms with van der Waals surface area (Å²) in [7, 11) is 5.01. The van der Waals surface area contributed by atoms with Gasteiger partial charge in [-0.3, -0.25) is 14.6 Å². The Labute approximate surface area is 165 Å². The van der Waals surface area contributed by atoms with Gasteiger partial charge < -0.3 is 14.4 Å². The SMILES string of the molecule is CCN1C(=O)C2C(N=C(/C=C/c3ccc(OC)c(OC)c3)N2C)N(CC)C1=O. The molecule has 2 unspecified atom stereocenters. The molecular formula is C20H26N4O4. The van der Waals surface area contributed by atoms with Gasteiger partial charge in [0.2, 0.25) is 0 Å². The normalized spacial score (nSPS) is 22.0. The minimum Gasteiger partial charge on any atom is -0.493 e. The Hall–Kier alpha value is -3.03. The largest absolute Gasteiger partial charge is 0.493 e. The lowest BCUT2D eigenvalue weighted by molar-refractivity contribution is -0.137. The van der Waals surface area contributed by atoms with E-state index in [9.17, 15) is 9.59 Å². The number of rotatable bonds is 6. The molecule has 2 atom stereocenters. The topological polar surface area (TPSA) is 74.7 Å². The van der Waals surface area contributed by atoms with E-state index in [0.717, 1.165) is 5.56 Å². The van der Waals surface area contributed by atoms with Crippen LogP contribution in [-0.4, -0.2) is 79.0 Å². The second kappa shape index (κ2) is 7.92. The standard InChI is InChI=1S/C20H26N4O4/c1-6-23-18-17(19(25)24(7-2)20(23)26)22(3)16(21-18)11-9-13-8-10-14(27-4)15(12-13)28-5/h8-12,17-18H,6-7H2,1-5H3/b11-9+. The van der Waals surface area contributed by atoms with Crippen molar-refractivity contribution in [3.8, 4) is 11.5 Å². The summed E-state index contributed by atoms with van der Waals surface area (Å²) >= 11 is 0. The Kier molecular flexibility index (Phi) is 5.58. The van der Waals surface area contributed by atoms with E-state index in [1.807, 2.05) is 49.2 Å². The zero-order chi connectivity index (χ0) is 20.4. The summed E-state index contributed by atoms with van der Waals surface area (Å²) in [5.74, 6) is 1.74. The molecule has 3 rings (SSSR count). The quantitative estimate of drug-likeness (QED) is 0.748. The highest BCUT2D eigenvalue weighted by atomic mass is 16.5. The van der Waals surface area contributed by atoms with Crippen LogP contribution in [0.25, 0.3) is 6.08 Å². The number of methoxy groups -OCH3 is 2. The van der Waals surface area contributed by atoms with Crippen LogP contribution in [0.15, 0.2) is 29.3 Å². The third-order valence-electron chi connectivity index (χ3n) is 5.13. The molecule has 0 bridgehead atoms. The summed E-state index contributed by atoms with van der Waals surface area (Å²) in [5, 5.41) is 0. The van der Waals surface area contributed by atoms with Gasteiger partial charge in [-0.2, -0.15) is 0 Å². The van der Waals surface area contributed by atoms with Crippen molar-refractivity contribution in [1.29, 1.82) is 0 Å². The first-order valence-corrected chi connectivity index (χ1v) is 9.29. The van der Waals surface area contributed by atoms with Gasteiger partial charge in [-0.15, -0.1) is 0 Å². The highest BCUT2D eigenvalue weighted by molar-refractivity contribution is 6.07. The lowest BCUT2D eigenvalue weighted by Gasteiger charge is -2.41. The first-order valence-electron chi connectivity index (χ1n) is 9.29. The number of carbonyl (C=O) groups excluding carboxylic acids is 2. The van der Waals surface area contributed by atoms with Crippen LogP contribution in [0.1, 0.15) is 19.4 Å². The second-order valence-electron chi connectivity index (χ2n) is 6.56. The molecule has 0 aromatic heterocycles. The summed E-state index contributed by atoms with van der Waals surface area (Å²) < 4.78 is 10.6. The highest BCUT2D eigenvalue weighted by Crippen LogP contribution is 2.30. The fourth-order valence-corrected chi connectivity index (χ4v) is 3.60. The van der Waals surface area contributed by atoms with E-state index >= 15 is 0 Å². The lowest BCUT2D eigenvalue weighted by atomic mass is 10.1. The molecule has 28 heavy (non-hydrogen) atoms. The zero-order valence-corrected chi connectivity index (χ0v) is 16.9. The minimum atomic E-state index is -0.498. The molecule has 150 valence electrons. The van der Waals surface area contributed by atoms with Crippen molar-refractivity contribution < 1.29 is 19.1 Å². The minimum absolute atomic E-state index is 0.206. The molecule has 3 amide bonds. The van der Waals surface area contributed by atoms with Crippen LogP contribution < -0.4 is 9.47 Å². The number of urea groups is 1. The van der Waals surface area contributed by atoms with Crippen molar-refractivity contribution in [2.24, 2.45) is 4.99 Å². The third kappa shape index (κ3) is 3.19. The number of hydrogen-bond acceptors (Lipinski definition) is 6. The Morgan fingerprint density at radius 3 is 2.39 bits per heavy atom. The smallest absolute Gasteiger partial charge is 0.328 e. The van der Waals surface area contributed by atoms with Gasteiger partial charge in [0, 0.05) is 20.1 Å². The molecular weight excluding hydrogens is 360 g/mol. The van der Waals surface area contributed by atoms with Gasteiger partial charge in [0.1, 0.15) is 5.84 Å². The third-order valence-corrected chi connectivity index (χ3v) is 5.13. The average molecular weight is 386 g/mol. The van der Waals surface area contributed by atoms with Gasteiger partial charge in [-0.25, -0.2) is 9.79 Å². The predicted octanol–water partition coefficient (Wildman–Crippen LogP) is 2.06. The van der Waals surface area contributed by atoms with Crippen molar-refractivity contribution in [2.45, 2.75) is 26.1 Å². The number of amides is 3. The van der Waals surface area contributed by atoms with Crippen molar-refractivity contribution >= 4 is 23.8 Å². The Balaban J connectivity index is 1.88. The molecule has 0 spiro atoms. The van der Waals surface area contributed by atoms with Gasteiger partial charge in [0.25, 0.3) is 5.91 Å². The van der Waals surface area contributed by atoms with Gasteiger partial charge >= 0.3 is 6.03 Å². The molecule has 0 N–H and O–H groups in total. The number of amidine groups is 1. The number of likely N-dealkylation sites (N-methyl/N-ethyl adjacent to an activating group) is 3.